The van der Waals surface area contributed by atoms with Crippen LogP contribution in [0.1, 0.15) is 29.9 Å². The normalized spacial score (nSPS) is 26.2. The monoisotopic (exact) mass is 651 g/mol. The second kappa shape index (κ2) is 9.71. The van der Waals surface area contributed by atoms with Gasteiger partial charge in [0, 0.05) is 23.1 Å². The molecule has 0 unspecified atom stereocenters. The lowest BCUT2D eigenvalue weighted by Crippen LogP contribution is -2.39. The predicted octanol–water partition coefficient (Wildman–Crippen LogP) is 5.13. The highest BCUT2D eigenvalue weighted by Crippen LogP contribution is 2.56. The fourth-order valence-corrected chi connectivity index (χ4v) is 7.40. The number of aromatic hydroxyl groups is 1. The van der Waals surface area contributed by atoms with E-state index < -0.39 is 23.7 Å². The average molecular weight is 653 g/mol. The van der Waals surface area contributed by atoms with E-state index in [2.05, 4.69) is 31.9 Å². The fraction of sp³-hybridized carbons (Fsp3) is 0.267. The highest BCUT2D eigenvalue weighted by Gasteiger charge is 2.56. The highest BCUT2D eigenvalue weighted by atomic mass is 79.9. The van der Waals surface area contributed by atoms with Gasteiger partial charge in [0.25, 0.3) is 0 Å². The molecule has 1 N–H and O–H groups in total. The van der Waals surface area contributed by atoms with E-state index in [0.717, 1.165) is 11.1 Å². The summed E-state index contributed by atoms with van der Waals surface area (Å²) in [5, 5.41) is 10.4. The molecule has 9 heteroatoms. The molecule has 1 saturated heterocycles. The summed E-state index contributed by atoms with van der Waals surface area (Å²) >= 11 is 6.62. The number of fused-ring (bicyclic) bond motifs is 3. The minimum absolute atomic E-state index is 0.0812. The van der Waals surface area contributed by atoms with Gasteiger partial charge in [-0.2, -0.15) is 0 Å². The molecule has 7 nitrogen and oxygen atoms in total. The molecule has 2 aromatic carbocycles. The number of carbonyl (C=O) groups is 4. The average Bonchev–Trinajstić information content (AvgIpc) is 3.17. The minimum Gasteiger partial charge on any atom is -0.503 e. The van der Waals surface area contributed by atoms with Crippen molar-refractivity contribution < 1.29 is 29.0 Å². The van der Waals surface area contributed by atoms with E-state index in [1.54, 1.807) is 12.1 Å². The molecule has 4 atom stereocenters. The first-order chi connectivity index (χ1) is 18.7. The number of methoxy groups -OCH3 is 1. The number of hydrogen-bond acceptors (Lipinski definition) is 6. The second-order valence-corrected chi connectivity index (χ2v) is 11.9. The van der Waals surface area contributed by atoms with E-state index in [-0.39, 0.29) is 52.3 Å². The maximum atomic E-state index is 13.9. The van der Waals surface area contributed by atoms with Crippen LogP contribution in [0.15, 0.2) is 80.3 Å². The van der Waals surface area contributed by atoms with Gasteiger partial charge in [-0.25, -0.2) is 0 Å². The maximum absolute atomic E-state index is 13.9. The summed E-state index contributed by atoms with van der Waals surface area (Å²) in [6.07, 6.45) is 3.82. The van der Waals surface area contributed by atoms with E-state index in [9.17, 15) is 24.3 Å². The molecule has 4 aliphatic rings. The van der Waals surface area contributed by atoms with E-state index in [0.29, 0.717) is 27.6 Å². The van der Waals surface area contributed by atoms with Gasteiger partial charge >= 0.3 is 0 Å². The van der Waals surface area contributed by atoms with E-state index in [1.165, 1.54) is 18.1 Å². The lowest BCUT2D eigenvalue weighted by Gasteiger charge is -2.42. The summed E-state index contributed by atoms with van der Waals surface area (Å²) in [5.74, 6) is -3.12. The number of Topliss-reactive ketones (excluding diaryl/α,β-unsaturated/α-hetero) is 1. The zero-order chi connectivity index (χ0) is 27.6. The number of nitrogens with zero attached hydrogens (tertiary/aromatic N) is 1. The second-order valence-electron chi connectivity index (χ2n) is 10.2. The molecule has 39 heavy (non-hydrogen) atoms. The SMILES string of the molecule is COc1cc([C@H]2C3=CC[C@@H]4C(=O)N(Cc5ccccc5)C(=O)[C@@H]4[C@@H]3CC3=C2C(=O)C=C(Br)C3=O)cc(Br)c1O. The van der Waals surface area contributed by atoms with Gasteiger partial charge in [0.1, 0.15) is 0 Å². The van der Waals surface area contributed by atoms with E-state index in [1.807, 2.05) is 36.4 Å². The van der Waals surface area contributed by atoms with Gasteiger partial charge in [-0.15, -0.1) is 0 Å². The van der Waals surface area contributed by atoms with Crippen molar-refractivity contribution in [2.24, 2.45) is 17.8 Å². The zero-order valence-electron chi connectivity index (χ0n) is 20.8. The molecular formula is C30H23Br2NO6. The van der Waals surface area contributed by atoms with Crippen LogP contribution in [0.5, 0.6) is 11.5 Å². The molecule has 0 saturated carbocycles. The first kappa shape index (κ1) is 26.0. The van der Waals surface area contributed by atoms with Gasteiger partial charge in [-0.3, -0.25) is 24.1 Å². The number of carbonyl (C=O) groups excluding carboxylic acids is 4. The van der Waals surface area contributed by atoms with Crippen LogP contribution in [0.25, 0.3) is 0 Å². The third kappa shape index (κ3) is 4.05. The molecule has 0 radical (unpaired) electrons. The van der Waals surface area contributed by atoms with Crippen LogP contribution < -0.4 is 4.74 Å². The number of ketones is 2. The Labute approximate surface area is 241 Å². The van der Waals surface area contributed by atoms with Crippen LogP contribution >= 0.6 is 31.9 Å². The molecular weight excluding hydrogens is 630 g/mol. The molecule has 0 spiro atoms. The van der Waals surface area contributed by atoms with Gasteiger partial charge in [0.05, 0.1) is 34.4 Å². The van der Waals surface area contributed by atoms with E-state index in [4.69, 9.17) is 4.74 Å². The summed E-state index contributed by atoms with van der Waals surface area (Å²) in [5.41, 5.74) is 3.06. The summed E-state index contributed by atoms with van der Waals surface area (Å²) in [7, 11) is 1.43. The number of phenolic OH excluding ortho intramolecular Hbond substituents is 1. The van der Waals surface area contributed by atoms with E-state index >= 15 is 0 Å². The number of hydrogen-bond donors (Lipinski definition) is 1. The number of phenols is 1. The highest BCUT2D eigenvalue weighted by molar-refractivity contribution is 9.12. The fourth-order valence-electron chi connectivity index (χ4n) is 6.49. The third-order valence-electron chi connectivity index (χ3n) is 8.21. The van der Waals surface area contributed by atoms with Gasteiger partial charge < -0.3 is 9.84 Å². The smallest absolute Gasteiger partial charge is 0.234 e. The number of halogens is 2. The van der Waals surface area contributed by atoms with Crippen molar-refractivity contribution in [1.82, 2.24) is 4.90 Å². The van der Waals surface area contributed by atoms with Crippen LogP contribution in [-0.4, -0.2) is 40.5 Å². The molecule has 0 aromatic heterocycles. The standard InChI is InChI=1S/C30H23Br2NO6/c1-39-23-10-15(9-20(31)28(23)36)24-16-7-8-17-25(18(16)11-19-26(24)22(34)12-21(32)27(19)35)30(38)33(29(17)37)13-14-5-3-2-4-6-14/h2-7,9-10,12,17-18,24-25,36H,8,11,13H2,1H3/t17-,18+,24-,25-/m0/s1. The van der Waals surface area contributed by atoms with Crippen LogP contribution in [0.2, 0.25) is 0 Å². The lowest BCUT2D eigenvalue weighted by atomic mass is 9.59. The van der Waals surface area contributed by atoms with Gasteiger partial charge in [-0.1, -0.05) is 42.0 Å². The molecule has 198 valence electrons. The Balaban J connectivity index is 1.47. The Bertz CT molecular complexity index is 1560. The van der Waals surface area contributed by atoms with Crippen molar-refractivity contribution in [2.45, 2.75) is 25.3 Å². The Hall–Kier alpha value is -3.30. The van der Waals surface area contributed by atoms with Crippen molar-refractivity contribution >= 4 is 55.2 Å². The zero-order valence-corrected chi connectivity index (χ0v) is 24.0. The summed E-state index contributed by atoms with van der Waals surface area (Å²) in [4.78, 5) is 55.4. The number of imide groups is 1. The van der Waals surface area contributed by atoms with Crippen molar-refractivity contribution in [3.8, 4) is 11.5 Å². The molecule has 1 heterocycles. The topological polar surface area (TPSA) is 101 Å². The molecule has 6 rings (SSSR count). The molecule has 2 amide bonds. The summed E-state index contributed by atoms with van der Waals surface area (Å²) in [6.45, 7) is 0.193. The molecule has 0 bridgehead atoms. The van der Waals surface area contributed by atoms with Crippen molar-refractivity contribution in [3.63, 3.8) is 0 Å². The first-order valence-corrected chi connectivity index (χ1v) is 14.1. The Morgan fingerprint density at radius 2 is 1.77 bits per heavy atom. The van der Waals surface area contributed by atoms with Gasteiger partial charge in [0.2, 0.25) is 11.8 Å². The van der Waals surface area contributed by atoms with Crippen LogP contribution in [0.4, 0.5) is 0 Å². The Morgan fingerprint density at radius 1 is 1.03 bits per heavy atom. The first-order valence-electron chi connectivity index (χ1n) is 12.6. The molecule has 2 aromatic rings. The van der Waals surface area contributed by atoms with Crippen LogP contribution in [0, 0.1) is 17.8 Å². The molecule has 3 aliphatic carbocycles. The van der Waals surface area contributed by atoms with Crippen LogP contribution in [-0.2, 0) is 25.7 Å². The number of allylic oxidation sites excluding steroid dienone is 6. The lowest BCUT2D eigenvalue weighted by molar-refractivity contribution is -0.140. The molecule has 1 aliphatic heterocycles. The van der Waals surface area contributed by atoms with Gasteiger partial charge in [-0.05, 0) is 73.9 Å². The van der Waals surface area contributed by atoms with Crippen LogP contribution in [0.3, 0.4) is 0 Å². The number of benzene rings is 2. The third-order valence-corrected chi connectivity index (χ3v) is 9.40. The Kier molecular flexibility index (Phi) is 6.46. The molecule has 1 fully saturated rings. The summed E-state index contributed by atoms with van der Waals surface area (Å²) in [6, 6.07) is 12.7. The number of ether oxygens (including phenoxy) is 1. The van der Waals surface area contributed by atoms with Gasteiger partial charge in [0.15, 0.2) is 23.1 Å². The van der Waals surface area contributed by atoms with Crippen molar-refractivity contribution in [2.75, 3.05) is 7.11 Å². The van der Waals surface area contributed by atoms with Crippen molar-refractivity contribution in [1.29, 1.82) is 0 Å². The number of amides is 2. The largest absolute Gasteiger partial charge is 0.503 e. The summed E-state index contributed by atoms with van der Waals surface area (Å²) < 4.78 is 5.93. The maximum Gasteiger partial charge on any atom is 0.234 e. The van der Waals surface area contributed by atoms with Crippen molar-refractivity contribution in [3.05, 3.63) is 91.4 Å². The Morgan fingerprint density at radius 3 is 2.49 bits per heavy atom. The number of likely N-dealkylation sites (tertiary alicyclic amines) is 1. The quantitative estimate of drug-likeness (QED) is 0.279. The number of rotatable bonds is 4. The minimum atomic E-state index is -0.634. The predicted molar refractivity (Wildman–Crippen MR) is 149 cm³/mol.